The summed E-state index contributed by atoms with van der Waals surface area (Å²) in [6.45, 7) is -0.362. The number of ether oxygens (including phenoxy) is 1. The van der Waals surface area contributed by atoms with Gasteiger partial charge in [0.2, 0.25) is 17.7 Å². The largest absolute Gasteiger partial charge is 0.494 e. The summed E-state index contributed by atoms with van der Waals surface area (Å²) in [4.78, 5) is 53.8. The molecule has 1 saturated carbocycles. The van der Waals surface area contributed by atoms with Gasteiger partial charge in [0.15, 0.2) is 0 Å². The van der Waals surface area contributed by atoms with E-state index in [9.17, 15) is 28.0 Å². The lowest BCUT2D eigenvalue weighted by Gasteiger charge is -2.24. The van der Waals surface area contributed by atoms with E-state index in [-0.39, 0.29) is 31.8 Å². The topological polar surface area (TPSA) is 163 Å². The summed E-state index contributed by atoms with van der Waals surface area (Å²) in [6.07, 6.45) is -1.51. The van der Waals surface area contributed by atoms with Crippen molar-refractivity contribution in [2.75, 3.05) is 19.7 Å². The van der Waals surface area contributed by atoms with Gasteiger partial charge < -0.3 is 31.1 Å². The number of likely N-dealkylation sites (tertiary alicyclic amines) is 1. The van der Waals surface area contributed by atoms with Gasteiger partial charge in [-0.1, -0.05) is 18.2 Å². The average molecular weight is 578 g/mol. The Morgan fingerprint density at radius 1 is 1.20 bits per heavy atom. The van der Waals surface area contributed by atoms with Gasteiger partial charge in [-0.15, -0.1) is 11.3 Å². The molecule has 2 aliphatic rings. The molecular weight excluding hydrogens is 548 g/mol. The van der Waals surface area contributed by atoms with Crippen LogP contribution in [0.2, 0.25) is 0 Å². The third-order valence-corrected chi connectivity index (χ3v) is 7.80. The first-order valence-electron chi connectivity index (χ1n) is 12.5. The molecule has 1 aromatic heterocycles. The van der Waals surface area contributed by atoms with Crippen LogP contribution < -0.4 is 21.1 Å². The predicted octanol–water partition coefficient (Wildman–Crippen LogP) is 2.35. The smallest absolute Gasteiger partial charge is 0.433 e. The molecule has 2 aromatic rings. The first-order chi connectivity index (χ1) is 19.0. The fourth-order valence-corrected chi connectivity index (χ4v) is 5.44. The Bertz CT molecular complexity index is 1300. The SMILES string of the molecule is NC(=NC(=O)O)c1csc(CNC(=O)[C@@H]2C[C@]3(CN2C(=O)CNC(=O)CCCOc2ccccc2)CC3(F)F)c1. The number of halogens is 2. The zero-order valence-electron chi connectivity index (χ0n) is 21.4. The second-order valence-electron chi connectivity index (χ2n) is 9.74. The average Bonchev–Trinajstić information content (AvgIpc) is 3.28. The molecule has 2 atom stereocenters. The molecule has 0 unspecified atom stereocenters. The third kappa shape index (κ3) is 6.92. The van der Waals surface area contributed by atoms with Crippen LogP contribution >= 0.6 is 11.3 Å². The number of nitrogens with one attached hydrogen (secondary N) is 2. The van der Waals surface area contributed by atoms with Crippen molar-refractivity contribution < 1.29 is 37.8 Å². The van der Waals surface area contributed by atoms with E-state index in [2.05, 4.69) is 15.6 Å². The van der Waals surface area contributed by atoms with Crippen LogP contribution in [0.5, 0.6) is 5.75 Å². The first-order valence-corrected chi connectivity index (χ1v) is 13.4. The quantitative estimate of drug-likeness (QED) is 0.181. The summed E-state index contributed by atoms with van der Waals surface area (Å²) in [5.41, 5.74) is 4.55. The highest BCUT2D eigenvalue weighted by atomic mass is 32.1. The highest BCUT2D eigenvalue weighted by Crippen LogP contribution is 2.66. The Morgan fingerprint density at radius 3 is 2.60 bits per heavy atom. The molecule has 2 heterocycles. The van der Waals surface area contributed by atoms with Gasteiger partial charge in [0, 0.05) is 35.2 Å². The fraction of sp³-hybridized carbons (Fsp3) is 0.423. The number of carbonyl (C=O) groups is 4. The number of amides is 4. The minimum atomic E-state index is -2.97. The number of hydrogen-bond donors (Lipinski definition) is 4. The predicted molar refractivity (Wildman–Crippen MR) is 141 cm³/mol. The fourth-order valence-electron chi connectivity index (χ4n) is 4.62. The van der Waals surface area contributed by atoms with Gasteiger partial charge in [-0.25, -0.2) is 13.6 Å². The highest BCUT2D eigenvalue weighted by Gasteiger charge is 2.75. The molecule has 40 heavy (non-hydrogen) atoms. The molecule has 1 aromatic carbocycles. The zero-order chi connectivity index (χ0) is 28.9. The number of nitrogens with zero attached hydrogens (tertiary/aromatic N) is 2. The summed E-state index contributed by atoms with van der Waals surface area (Å²) in [5, 5.41) is 15.5. The lowest BCUT2D eigenvalue weighted by molar-refractivity contribution is -0.138. The molecule has 2 fully saturated rings. The standard InChI is InChI=1S/C26H29F2N5O6S/c27-26(28)14-25(26)10-19(23(36)31-11-18-9-16(13-40-18)22(29)32-24(37)38)33(15-25)21(35)12-30-20(34)7-4-8-39-17-5-2-1-3-6-17/h1-3,5-6,9,13,19H,4,7-8,10-12,14-15H2,(H2,29,32)(H,30,34)(H,31,36)(H,37,38)/t19-,25+/m0/s1. The molecule has 4 amide bonds. The molecule has 1 saturated heterocycles. The number of amidine groups is 1. The zero-order valence-corrected chi connectivity index (χ0v) is 22.2. The van der Waals surface area contributed by atoms with E-state index in [1.165, 1.54) is 11.3 Å². The molecule has 214 valence electrons. The van der Waals surface area contributed by atoms with Crippen LogP contribution in [0.15, 0.2) is 46.8 Å². The van der Waals surface area contributed by atoms with E-state index >= 15 is 0 Å². The summed E-state index contributed by atoms with van der Waals surface area (Å²) in [6, 6.07) is 9.54. The van der Waals surface area contributed by atoms with Crippen molar-refractivity contribution in [3.63, 3.8) is 0 Å². The van der Waals surface area contributed by atoms with Gasteiger partial charge in [-0.3, -0.25) is 14.4 Å². The number of nitrogens with two attached hydrogens (primary N) is 1. The van der Waals surface area contributed by atoms with Crippen molar-refractivity contribution in [3.8, 4) is 5.75 Å². The summed E-state index contributed by atoms with van der Waals surface area (Å²) < 4.78 is 33.9. The molecule has 1 aliphatic carbocycles. The van der Waals surface area contributed by atoms with Gasteiger partial charge >= 0.3 is 6.09 Å². The maximum absolute atomic E-state index is 14.2. The van der Waals surface area contributed by atoms with Gasteiger partial charge in [0.05, 0.1) is 25.1 Å². The maximum atomic E-state index is 14.2. The number of hydrogen-bond acceptors (Lipinski definition) is 6. The van der Waals surface area contributed by atoms with Crippen molar-refractivity contribution in [1.82, 2.24) is 15.5 Å². The number of thiophene rings is 1. The number of alkyl halides is 2. The van der Waals surface area contributed by atoms with Gasteiger partial charge in [0.25, 0.3) is 5.92 Å². The van der Waals surface area contributed by atoms with Crippen molar-refractivity contribution in [1.29, 1.82) is 0 Å². The minimum Gasteiger partial charge on any atom is -0.494 e. The van der Waals surface area contributed by atoms with E-state index in [4.69, 9.17) is 15.6 Å². The molecule has 14 heteroatoms. The Balaban J connectivity index is 1.28. The molecular formula is C26H29F2N5O6S. The molecule has 4 rings (SSSR count). The number of carboxylic acid groups (broad SMARTS) is 1. The molecule has 0 radical (unpaired) electrons. The Labute approximate surface area is 232 Å². The molecule has 5 N–H and O–H groups in total. The van der Waals surface area contributed by atoms with Crippen LogP contribution in [0.25, 0.3) is 0 Å². The number of aliphatic imine (C=N–C) groups is 1. The monoisotopic (exact) mass is 577 g/mol. The van der Waals surface area contributed by atoms with E-state index in [1.807, 2.05) is 18.2 Å². The number of para-hydroxylation sites is 1. The molecule has 1 aliphatic heterocycles. The number of benzene rings is 1. The molecule has 11 nitrogen and oxygen atoms in total. The Kier molecular flexibility index (Phi) is 8.67. The van der Waals surface area contributed by atoms with E-state index in [0.29, 0.717) is 29.2 Å². The van der Waals surface area contributed by atoms with Gasteiger partial charge in [0.1, 0.15) is 17.6 Å². The lowest BCUT2D eigenvalue weighted by atomic mass is 10.0. The second kappa shape index (κ2) is 12.0. The van der Waals surface area contributed by atoms with Gasteiger partial charge in [-0.05, 0) is 31.0 Å². The van der Waals surface area contributed by atoms with Crippen molar-refractivity contribution in [2.45, 2.75) is 44.2 Å². The van der Waals surface area contributed by atoms with Crippen LogP contribution in [-0.2, 0) is 20.9 Å². The normalized spacial score (nSPS) is 21.2. The summed E-state index contributed by atoms with van der Waals surface area (Å²) >= 11 is 1.20. The highest BCUT2D eigenvalue weighted by molar-refractivity contribution is 7.10. The van der Waals surface area contributed by atoms with Crippen LogP contribution in [0, 0.1) is 5.41 Å². The lowest BCUT2D eigenvalue weighted by Crippen LogP contribution is -2.48. The second-order valence-corrected chi connectivity index (χ2v) is 10.7. The van der Waals surface area contributed by atoms with E-state index in [0.717, 1.165) is 4.90 Å². The van der Waals surface area contributed by atoms with E-state index < -0.39 is 54.2 Å². The van der Waals surface area contributed by atoms with Crippen LogP contribution in [0.4, 0.5) is 13.6 Å². The third-order valence-electron chi connectivity index (χ3n) is 6.87. The number of rotatable bonds is 11. The van der Waals surface area contributed by atoms with Crippen molar-refractivity contribution in [2.24, 2.45) is 16.1 Å². The number of carbonyl (C=O) groups excluding carboxylic acids is 3. The van der Waals surface area contributed by atoms with Crippen molar-refractivity contribution >= 4 is 41.0 Å². The Hall–Kier alpha value is -4.07. The minimum absolute atomic E-state index is 0.0214. The van der Waals surface area contributed by atoms with Crippen molar-refractivity contribution in [3.05, 3.63) is 52.2 Å². The van der Waals surface area contributed by atoms with Crippen LogP contribution in [-0.4, -0.2) is 71.3 Å². The maximum Gasteiger partial charge on any atom is 0.433 e. The van der Waals surface area contributed by atoms with Gasteiger partial charge in [-0.2, -0.15) is 4.99 Å². The van der Waals surface area contributed by atoms with E-state index in [1.54, 1.807) is 23.6 Å². The molecule has 1 spiro atoms. The summed E-state index contributed by atoms with van der Waals surface area (Å²) in [7, 11) is 0. The van der Waals surface area contributed by atoms with Crippen LogP contribution in [0.3, 0.4) is 0 Å². The Morgan fingerprint density at radius 2 is 1.93 bits per heavy atom. The summed E-state index contributed by atoms with van der Waals surface area (Å²) in [5.74, 6) is -4.10. The molecule has 0 bridgehead atoms. The first kappa shape index (κ1) is 28.9. The van der Waals surface area contributed by atoms with Crippen LogP contribution in [0.1, 0.15) is 36.1 Å².